The highest BCUT2D eigenvalue weighted by Crippen LogP contribution is 2.47. The summed E-state index contributed by atoms with van der Waals surface area (Å²) in [4.78, 5) is 55.3. The van der Waals surface area contributed by atoms with Gasteiger partial charge in [-0.3, -0.25) is 14.4 Å². The number of hydroxylamine groups is 2. The Bertz CT molecular complexity index is 759. The van der Waals surface area contributed by atoms with Crippen LogP contribution in [0.2, 0.25) is 0 Å². The summed E-state index contributed by atoms with van der Waals surface area (Å²) in [5.41, 5.74) is 0.413. The van der Waals surface area contributed by atoms with Gasteiger partial charge in [-0.15, -0.1) is 11.8 Å². The lowest BCUT2D eigenvalue weighted by molar-refractivity contribution is -0.175. The average Bonchev–Trinajstić information content (AvgIpc) is 3.14. The molecule has 0 aliphatic carbocycles. The molecule has 2 saturated heterocycles. The molecule has 0 saturated carbocycles. The zero-order chi connectivity index (χ0) is 17.1. The molecule has 2 fully saturated rings. The Labute approximate surface area is 141 Å². The minimum atomic E-state index is -0.778. The number of hydrogen-bond acceptors (Lipinski definition) is 6. The fraction of sp³-hybridized carbons (Fsp3) is 0.375. The molecule has 1 aromatic rings. The van der Waals surface area contributed by atoms with Crippen LogP contribution in [0.4, 0.5) is 0 Å². The second-order valence-corrected chi connectivity index (χ2v) is 7.63. The molecule has 0 aromatic heterocycles. The van der Waals surface area contributed by atoms with Gasteiger partial charge in [-0.1, -0.05) is 17.2 Å². The molecule has 2 unspecified atom stereocenters. The third kappa shape index (κ3) is 1.99. The Morgan fingerprint density at radius 2 is 1.83 bits per heavy atom. The van der Waals surface area contributed by atoms with E-state index in [1.165, 1.54) is 28.8 Å². The molecule has 4 rings (SSSR count). The lowest BCUT2D eigenvalue weighted by atomic mass is 10.1. The molecule has 124 valence electrons. The van der Waals surface area contributed by atoms with Gasteiger partial charge < -0.3 is 9.74 Å². The third-order valence-corrected chi connectivity index (χ3v) is 6.16. The number of imide groups is 1. The van der Waals surface area contributed by atoms with Crippen molar-refractivity contribution in [3.8, 4) is 0 Å². The highest BCUT2D eigenvalue weighted by Gasteiger charge is 2.54. The summed E-state index contributed by atoms with van der Waals surface area (Å²) in [6.07, 6.45) is 1.06. The molecule has 0 N–H and O–H groups in total. The molecule has 3 heterocycles. The van der Waals surface area contributed by atoms with Crippen LogP contribution in [-0.4, -0.2) is 50.3 Å². The molecular formula is C16H14N2O5S. The monoisotopic (exact) mass is 346 g/mol. The topological polar surface area (TPSA) is 84.0 Å². The van der Waals surface area contributed by atoms with Crippen molar-refractivity contribution in [2.45, 2.75) is 30.7 Å². The summed E-state index contributed by atoms with van der Waals surface area (Å²) >= 11 is 1.52. The van der Waals surface area contributed by atoms with Crippen LogP contribution < -0.4 is 0 Å². The first kappa shape index (κ1) is 15.2. The van der Waals surface area contributed by atoms with Crippen LogP contribution in [0, 0.1) is 0 Å². The standard InChI is InChI=1S/C16H14N2O5S/c1-16-7-6-12(19)17(16)11(8-24-16)15(22)23-18-13(20)9-4-2-3-5-10(9)14(18)21/h2-5,11H,6-8H2,1H3. The van der Waals surface area contributed by atoms with Gasteiger partial charge in [0.15, 0.2) is 0 Å². The van der Waals surface area contributed by atoms with Crippen molar-refractivity contribution in [1.29, 1.82) is 0 Å². The molecule has 8 heteroatoms. The van der Waals surface area contributed by atoms with Crippen LogP contribution in [0.15, 0.2) is 24.3 Å². The SMILES string of the molecule is CC12CCC(=O)N1C(C(=O)ON1C(=O)c3ccccc3C1=O)CS2. The molecule has 2 atom stereocenters. The first-order valence-corrected chi connectivity index (χ1v) is 8.57. The van der Waals surface area contributed by atoms with Crippen LogP contribution in [0.25, 0.3) is 0 Å². The number of thioether (sulfide) groups is 1. The largest absolute Gasteiger partial charge is 0.356 e. The molecule has 0 radical (unpaired) electrons. The van der Waals surface area contributed by atoms with E-state index in [9.17, 15) is 19.2 Å². The number of carbonyl (C=O) groups excluding carboxylic acids is 4. The number of fused-ring (bicyclic) bond motifs is 2. The van der Waals surface area contributed by atoms with Crippen LogP contribution in [-0.2, 0) is 14.4 Å². The quantitative estimate of drug-likeness (QED) is 0.748. The van der Waals surface area contributed by atoms with Gasteiger partial charge in [0.1, 0.15) is 6.04 Å². The van der Waals surface area contributed by atoms with Gasteiger partial charge in [0.05, 0.1) is 16.0 Å². The van der Waals surface area contributed by atoms with E-state index in [2.05, 4.69) is 0 Å². The van der Waals surface area contributed by atoms with E-state index >= 15 is 0 Å². The molecule has 3 aliphatic heterocycles. The first-order chi connectivity index (χ1) is 11.4. The summed E-state index contributed by atoms with van der Waals surface area (Å²) in [5, 5.41) is 0.494. The zero-order valence-electron chi connectivity index (χ0n) is 12.9. The van der Waals surface area contributed by atoms with Gasteiger partial charge >= 0.3 is 5.97 Å². The maximum Gasteiger partial charge on any atom is 0.356 e. The number of benzene rings is 1. The Balaban J connectivity index is 1.55. The Morgan fingerprint density at radius 1 is 1.21 bits per heavy atom. The summed E-state index contributed by atoms with van der Waals surface area (Å²) in [6, 6.07) is 5.51. The van der Waals surface area contributed by atoms with E-state index in [-0.39, 0.29) is 17.0 Å². The van der Waals surface area contributed by atoms with Crippen LogP contribution in [0.1, 0.15) is 40.5 Å². The van der Waals surface area contributed by atoms with Crippen LogP contribution >= 0.6 is 11.8 Å². The van der Waals surface area contributed by atoms with Crippen molar-refractivity contribution >= 4 is 35.5 Å². The smallest absolute Gasteiger partial charge is 0.327 e. The lowest BCUT2D eigenvalue weighted by Crippen LogP contribution is -2.48. The van der Waals surface area contributed by atoms with Crippen molar-refractivity contribution in [3.05, 3.63) is 35.4 Å². The Morgan fingerprint density at radius 3 is 2.46 bits per heavy atom. The van der Waals surface area contributed by atoms with Crippen molar-refractivity contribution in [1.82, 2.24) is 9.96 Å². The van der Waals surface area contributed by atoms with Gasteiger partial charge in [0, 0.05) is 12.2 Å². The predicted molar refractivity (Wildman–Crippen MR) is 83.8 cm³/mol. The van der Waals surface area contributed by atoms with Gasteiger partial charge in [0.25, 0.3) is 11.8 Å². The minimum absolute atomic E-state index is 0.105. The van der Waals surface area contributed by atoms with Crippen molar-refractivity contribution in [3.63, 3.8) is 0 Å². The normalized spacial score (nSPS) is 28.4. The maximum absolute atomic E-state index is 12.5. The highest BCUT2D eigenvalue weighted by molar-refractivity contribution is 8.01. The number of nitrogens with zero attached hydrogens (tertiary/aromatic N) is 2. The zero-order valence-corrected chi connectivity index (χ0v) is 13.7. The summed E-state index contributed by atoms with van der Waals surface area (Å²) in [7, 11) is 0. The Hall–Kier alpha value is -2.35. The molecule has 24 heavy (non-hydrogen) atoms. The van der Waals surface area contributed by atoms with Crippen molar-refractivity contribution < 1.29 is 24.0 Å². The van der Waals surface area contributed by atoms with E-state index in [4.69, 9.17) is 4.84 Å². The van der Waals surface area contributed by atoms with Crippen molar-refractivity contribution in [2.24, 2.45) is 0 Å². The number of carbonyl (C=O) groups is 4. The maximum atomic E-state index is 12.5. The van der Waals surface area contributed by atoms with Gasteiger partial charge in [-0.2, -0.15) is 0 Å². The van der Waals surface area contributed by atoms with E-state index < -0.39 is 28.7 Å². The fourth-order valence-electron chi connectivity index (χ4n) is 3.40. The Kier molecular flexibility index (Phi) is 3.21. The van der Waals surface area contributed by atoms with E-state index in [1.807, 2.05) is 6.92 Å². The summed E-state index contributed by atoms with van der Waals surface area (Å²) in [6.45, 7) is 1.91. The van der Waals surface area contributed by atoms with E-state index in [0.29, 0.717) is 23.7 Å². The van der Waals surface area contributed by atoms with E-state index in [1.54, 1.807) is 12.1 Å². The first-order valence-electron chi connectivity index (χ1n) is 7.58. The molecule has 3 aliphatic rings. The average molecular weight is 346 g/mol. The number of rotatable bonds is 2. The molecule has 1 aromatic carbocycles. The van der Waals surface area contributed by atoms with Crippen LogP contribution in [0.3, 0.4) is 0 Å². The second-order valence-electron chi connectivity index (χ2n) is 6.13. The minimum Gasteiger partial charge on any atom is -0.327 e. The number of hydrogen-bond donors (Lipinski definition) is 0. The predicted octanol–water partition coefficient (Wildman–Crippen LogP) is 1.19. The van der Waals surface area contributed by atoms with Gasteiger partial charge in [-0.25, -0.2) is 4.79 Å². The lowest BCUT2D eigenvalue weighted by Gasteiger charge is -2.29. The molecule has 0 spiro atoms. The number of amides is 3. The van der Waals surface area contributed by atoms with E-state index in [0.717, 1.165) is 0 Å². The molecule has 0 bridgehead atoms. The summed E-state index contributed by atoms with van der Waals surface area (Å²) in [5.74, 6) is -1.79. The molecular weight excluding hydrogens is 332 g/mol. The van der Waals surface area contributed by atoms with Crippen LogP contribution in [0.5, 0.6) is 0 Å². The summed E-state index contributed by atoms with van der Waals surface area (Å²) < 4.78 is 0. The second kappa shape index (κ2) is 5.07. The van der Waals surface area contributed by atoms with Gasteiger partial charge in [0.2, 0.25) is 5.91 Å². The molecule has 7 nitrogen and oxygen atoms in total. The highest BCUT2D eigenvalue weighted by atomic mass is 32.2. The molecule has 3 amide bonds. The van der Waals surface area contributed by atoms with Gasteiger partial charge in [-0.05, 0) is 25.5 Å². The third-order valence-electron chi connectivity index (χ3n) is 4.65. The van der Waals surface area contributed by atoms with Crippen molar-refractivity contribution in [2.75, 3.05) is 5.75 Å². The fourth-order valence-corrected chi connectivity index (χ4v) is 4.81.